The summed E-state index contributed by atoms with van der Waals surface area (Å²) < 4.78 is 1.23. The lowest BCUT2D eigenvalue weighted by atomic mass is 10.3. The first-order valence-corrected chi connectivity index (χ1v) is 4.71. The molecule has 0 spiro atoms. The van der Waals surface area contributed by atoms with Gasteiger partial charge in [-0.25, -0.2) is 0 Å². The largest absolute Gasteiger partial charge is 0.321 e. The monoisotopic (exact) mass is 156 g/mol. The van der Waals surface area contributed by atoms with Crippen LogP contribution in [0.25, 0.3) is 0 Å². The Bertz CT molecular complexity index is 104. The predicted molar refractivity (Wildman–Crippen MR) is 51.6 cm³/mol. The molecular formula is C10H22N+. The second-order valence-electron chi connectivity index (χ2n) is 3.04. The summed E-state index contributed by atoms with van der Waals surface area (Å²) in [6.45, 7) is 13.9. The zero-order chi connectivity index (χ0) is 8.74. The summed E-state index contributed by atoms with van der Waals surface area (Å²) in [5.74, 6) is 0. The van der Waals surface area contributed by atoms with E-state index in [1.807, 2.05) is 0 Å². The lowest BCUT2D eigenvalue weighted by Crippen LogP contribution is -2.47. The maximum absolute atomic E-state index is 2.27. The van der Waals surface area contributed by atoms with E-state index in [4.69, 9.17) is 0 Å². The quantitative estimate of drug-likeness (QED) is 0.423. The minimum atomic E-state index is 1.19. The number of quaternary nitrogens is 1. The van der Waals surface area contributed by atoms with Gasteiger partial charge in [0.15, 0.2) is 0 Å². The molecule has 0 atom stereocenters. The molecule has 0 aromatic heterocycles. The highest BCUT2D eigenvalue weighted by atomic mass is 15.3. The first-order valence-electron chi connectivity index (χ1n) is 4.71. The van der Waals surface area contributed by atoms with Crippen LogP contribution in [-0.4, -0.2) is 30.7 Å². The molecule has 11 heavy (non-hydrogen) atoms. The Labute approximate surface area is 71.3 Å². The van der Waals surface area contributed by atoms with Crippen molar-refractivity contribution in [3.05, 3.63) is 12.2 Å². The van der Waals surface area contributed by atoms with E-state index in [9.17, 15) is 0 Å². The molecule has 1 nitrogen and oxygen atoms in total. The van der Waals surface area contributed by atoms with Crippen molar-refractivity contribution in [2.24, 2.45) is 0 Å². The Morgan fingerprint density at radius 3 is 1.73 bits per heavy atom. The molecule has 0 aliphatic carbocycles. The van der Waals surface area contributed by atoms with Crippen molar-refractivity contribution in [3.8, 4) is 0 Å². The maximum atomic E-state index is 2.27. The standard InChI is InChI=1S/C10H22N/c1-5-9-10-11(6-2,7-3)8-4/h5,9H,6-8,10H2,1-4H3/q+1/b9-5+. The summed E-state index contributed by atoms with van der Waals surface area (Å²) in [7, 11) is 0. The van der Waals surface area contributed by atoms with Gasteiger partial charge in [-0.1, -0.05) is 6.08 Å². The van der Waals surface area contributed by atoms with Gasteiger partial charge in [0, 0.05) is 0 Å². The zero-order valence-corrected chi connectivity index (χ0v) is 8.43. The first kappa shape index (κ1) is 10.7. The fourth-order valence-electron chi connectivity index (χ4n) is 1.39. The number of nitrogens with zero attached hydrogens (tertiary/aromatic N) is 1. The second kappa shape index (κ2) is 5.36. The summed E-state index contributed by atoms with van der Waals surface area (Å²) in [6.07, 6.45) is 4.42. The van der Waals surface area contributed by atoms with E-state index in [0.717, 1.165) is 0 Å². The fraction of sp³-hybridized carbons (Fsp3) is 0.800. The van der Waals surface area contributed by atoms with E-state index >= 15 is 0 Å². The molecule has 0 rings (SSSR count). The van der Waals surface area contributed by atoms with E-state index in [1.165, 1.54) is 30.7 Å². The third kappa shape index (κ3) is 3.06. The van der Waals surface area contributed by atoms with Gasteiger partial charge in [0.05, 0.1) is 26.2 Å². The third-order valence-corrected chi connectivity index (χ3v) is 2.74. The van der Waals surface area contributed by atoms with Crippen molar-refractivity contribution < 1.29 is 4.48 Å². The Balaban J connectivity index is 4.04. The van der Waals surface area contributed by atoms with Gasteiger partial charge in [-0.2, -0.15) is 0 Å². The van der Waals surface area contributed by atoms with Crippen LogP contribution in [0, 0.1) is 0 Å². The number of likely N-dealkylation sites (N-methyl/N-ethyl adjacent to an activating group) is 1. The lowest BCUT2D eigenvalue weighted by molar-refractivity contribution is -0.917. The van der Waals surface area contributed by atoms with Gasteiger partial charge < -0.3 is 4.48 Å². The predicted octanol–water partition coefficient (Wildman–Crippen LogP) is 2.44. The van der Waals surface area contributed by atoms with Gasteiger partial charge in [-0.05, 0) is 33.8 Å². The van der Waals surface area contributed by atoms with Crippen LogP contribution in [0.5, 0.6) is 0 Å². The van der Waals surface area contributed by atoms with Gasteiger partial charge >= 0.3 is 0 Å². The van der Waals surface area contributed by atoms with Gasteiger partial charge in [-0.3, -0.25) is 0 Å². The van der Waals surface area contributed by atoms with Gasteiger partial charge in [0.25, 0.3) is 0 Å². The van der Waals surface area contributed by atoms with Gasteiger partial charge in [0.1, 0.15) is 0 Å². The minimum absolute atomic E-state index is 1.19. The van der Waals surface area contributed by atoms with Crippen LogP contribution in [0.1, 0.15) is 27.7 Å². The molecule has 66 valence electrons. The lowest BCUT2D eigenvalue weighted by Gasteiger charge is -2.34. The van der Waals surface area contributed by atoms with Crippen LogP contribution >= 0.6 is 0 Å². The Morgan fingerprint density at radius 2 is 1.45 bits per heavy atom. The molecule has 0 aromatic rings. The third-order valence-electron chi connectivity index (χ3n) is 2.74. The highest BCUT2D eigenvalue weighted by Gasteiger charge is 2.17. The average Bonchev–Trinajstić information content (AvgIpc) is 2.08. The molecule has 0 aromatic carbocycles. The number of rotatable bonds is 5. The molecule has 0 saturated carbocycles. The summed E-state index contributed by atoms with van der Waals surface area (Å²) in [5, 5.41) is 0. The second-order valence-corrected chi connectivity index (χ2v) is 3.04. The molecule has 0 aliphatic rings. The van der Waals surface area contributed by atoms with Crippen molar-refractivity contribution in [1.29, 1.82) is 0 Å². The highest BCUT2D eigenvalue weighted by molar-refractivity contribution is 4.76. The summed E-state index contributed by atoms with van der Waals surface area (Å²) in [5.41, 5.74) is 0. The Morgan fingerprint density at radius 1 is 1.00 bits per heavy atom. The van der Waals surface area contributed by atoms with Crippen molar-refractivity contribution in [2.45, 2.75) is 27.7 Å². The maximum Gasteiger partial charge on any atom is 0.0973 e. The van der Waals surface area contributed by atoms with Crippen molar-refractivity contribution >= 4 is 0 Å². The fourth-order valence-corrected chi connectivity index (χ4v) is 1.39. The molecule has 0 saturated heterocycles. The van der Waals surface area contributed by atoms with Crippen LogP contribution in [0.2, 0.25) is 0 Å². The van der Waals surface area contributed by atoms with Crippen LogP contribution in [-0.2, 0) is 0 Å². The van der Waals surface area contributed by atoms with Crippen LogP contribution in [0.4, 0.5) is 0 Å². The SMILES string of the molecule is C/C=C/C[N+](CC)(CC)CC. The highest BCUT2D eigenvalue weighted by Crippen LogP contribution is 2.05. The Hall–Kier alpha value is -0.300. The molecule has 1 heteroatoms. The van der Waals surface area contributed by atoms with Gasteiger partial charge in [0.2, 0.25) is 0 Å². The van der Waals surface area contributed by atoms with E-state index < -0.39 is 0 Å². The van der Waals surface area contributed by atoms with Crippen LogP contribution < -0.4 is 0 Å². The number of hydrogen-bond donors (Lipinski definition) is 0. The smallest absolute Gasteiger partial charge is 0.0973 e. The first-order chi connectivity index (χ1) is 5.24. The van der Waals surface area contributed by atoms with E-state index in [2.05, 4.69) is 39.8 Å². The van der Waals surface area contributed by atoms with Crippen molar-refractivity contribution in [2.75, 3.05) is 26.2 Å². The molecule has 0 amide bonds. The number of allylic oxidation sites excluding steroid dienone is 1. The molecule has 0 N–H and O–H groups in total. The average molecular weight is 156 g/mol. The molecule has 0 radical (unpaired) electrons. The molecule has 0 unspecified atom stereocenters. The number of hydrogen-bond acceptors (Lipinski definition) is 0. The zero-order valence-electron chi connectivity index (χ0n) is 8.43. The van der Waals surface area contributed by atoms with E-state index in [-0.39, 0.29) is 0 Å². The summed E-state index contributed by atoms with van der Waals surface area (Å²) >= 11 is 0. The van der Waals surface area contributed by atoms with E-state index in [1.54, 1.807) is 0 Å². The molecule has 0 heterocycles. The topological polar surface area (TPSA) is 0 Å². The normalized spacial score (nSPS) is 12.7. The Kier molecular flexibility index (Phi) is 5.22. The van der Waals surface area contributed by atoms with Crippen LogP contribution in [0.15, 0.2) is 12.2 Å². The molecule has 0 aliphatic heterocycles. The molecular weight excluding hydrogens is 134 g/mol. The summed E-state index contributed by atoms with van der Waals surface area (Å²) in [6, 6.07) is 0. The van der Waals surface area contributed by atoms with Gasteiger partial charge in [-0.15, -0.1) is 0 Å². The molecule has 0 bridgehead atoms. The minimum Gasteiger partial charge on any atom is -0.321 e. The summed E-state index contributed by atoms with van der Waals surface area (Å²) in [4.78, 5) is 0. The van der Waals surface area contributed by atoms with Crippen molar-refractivity contribution in [3.63, 3.8) is 0 Å². The molecule has 0 fully saturated rings. The van der Waals surface area contributed by atoms with E-state index in [0.29, 0.717) is 0 Å². The van der Waals surface area contributed by atoms with Crippen molar-refractivity contribution in [1.82, 2.24) is 0 Å². The van der Waals surface area contributed by atoms with Crippen LogP contribution in [0.3, 0.4) is 0 Å².